The van der Waals surface area contributed by atoms with Gasteiger partial charge in [0.25, 0.3) is 0 Å². The highest BCUT2D eigenvalue weighted by molar-refractivity contribution is 7.11. The van der Waals surface area contributed by atoms with E-state index >= 15 is 0 Å². The number of unbranched alkanes of at least 4 members (excludes halogenated alkanes) is 1. The van der Waals surface area contributed by atoms with Crippen molar-refractivity contribution in [3.05, 3.63) is 64.5 Å². The van der Waals surface area contributed by atoms with E-state index in [2.05, 4.69) is 41.2 Å². The summed E-state index contributed by atoms with van der Waals surface area (Å²) < 4.78 is 5.41. The van der Waals surface area contributed by atoms with E-state index in [1.807, 2.05) is 35.9 Å². The number of aryl methyl sites for hydroxylation is 1. The second kappa shape index (κ2) is 8.58. The van der Waals surface area contributed by atoms with Crippen molar-refractivity contribution in [1.29, 1.82) is 0 Å². The molecule has 0 aliphatic rings. The standard InChI is InChI=1S/C21H22N2OS/c1-3-4-7-16-10-12-17(13-11-16)22-14-21-23-19(15-25-21)18-8-5-6-9-20(18)24-2/h5-6,8-15H,3-4,7H2,1-2H3/b22-14+. The van der Waals surface area contributed by atoms with Crippen LogP contribution in [-0.2, 0) is 6.42 Å². The van der Waals surface area contributed by atoms with Crippen molar-refractivity contribution in [2.75, 3.05) is 7.11 Å². The largest absolute Gasteiger partial charge is 0.496 e. The topological polar surface area (TPSA) is 34.5 Å². The van der Waals surface area contributed by atoms with Crippen molar-refractivity contribution in [2.45, 2.75) is 26.2 Å². The molecule has 2 aromatic carbocycles. The van der Waals surface area contributed by atoms with Gasteiger partial charge in [-0.3, -0.25) is 4.99 Å². The van der Waals surface area contributed by atoms with Crippen LogP contribution in [0.5, 0.6) is 5.75 Å². The highest BCUT2D eigenvalue weighted by atomic mass is 32.1. The van der Waals surface area contributed by atoms with Crippen LogP contribution < -0.4 is 4.74 Å². The maximum Gasteiger partial charge on any atom is 0.135 e. The van der Waals surface area contributed by atoms with Crippen LogP contribution in [0.2, 0.25) is 0 Å². The summed E-state index contributed by atoms with van der Waals surface area (Å²) in [7, 11) is 1.68. The second-order valence-electron chi connectivity index (χ2n) is 5.80. The maximum atomic E-state index is 5.41. The molecule has 0 saturated heterocycles. The molecule has 0 aliphatic carbocycles. The Morgan fingerprint density at radius 1 is 1.12 bits per heavy atom. The first-order valence-corrected chi connectivity index (χ1v) is 9.40. The summed E-state index contributed by atoms with van der Waals surface area (Å²) >= 11 is 1.58. The lowest BCUT2D eigenvalue weighted by Gasteiger charge is -2.04. The summed E-state index contributed by atoms with van der Waals surface area (Å²) in [5, 5.41) is 2.92. The highest BCUT2D eigenvalue weighted by Gasteiger charge is 2.08. The second-order valence-corrected chi connectivity index (χ2v) is 6.69. The van der Waals surface area contributed by atoms with Crippen LogP contribution in [0.4, 0.5) is 5.69 Å². The van der Waals surface area contributed by atoms with Gasteiger partial charge in [0.2, 0.25) is 0 Å². The Hall–Kier alpha value is -2.46. The van der Waals surface area contributed by atoms with Gasteiger partial charge in [-0.25, -0.2) is 4.98 Å². The Kier molecular flexibility index (Phi) is 5.96. The molecule has 1 heterocycles. The van der Waals surface area contributed by atoms with Gasteiger partial charge in [0.1, 0.15) is 10.8 Å². The maximum absolute atomic E-state index is 5.41. The average molecular weight is 350 g/mol. The van der Waals surface area contributed by atoms with Crippen molar-refractivity contribution in [1.82, 2.24) is 4.98 Å². The Bertz CT molecular complexity index is 837. The number of hydrogen-bond acceptors (Lipinski definition) is 4. The molecule has 1 aromatic heterocycles. The lowest BCUT2D eigenvalue weighted by atomic mass is 10.1. The van der Waals surface area contributed by atoms with E-state index in [9.17, 15) is 0 Å². The molecule has 3 nitrogen and oxygen atoms in total. The van der Waals surface area contributed by atoms with Crippen LogP contribution in [0.15, 0.2) is 58.9 Å². The Morgan fingerprint density at radius 3 is 2.68 bits per heavy atom. The number of nitrogens with zero attached hydrogens (tertiary/aromatic N) is 2. The SMILES string of the molecule is CCCCc1ccc(/N=C/c2nc(-c3ccccc3OC)cs2)cc1. The molecular formula is C21H22N2OS. The number of methoxy groups -OCH3 is 1. The Morgan fingerprint density at radius 2 is 1.92 bits per heavy atom. The lowest BCUT2D eigenvalue weighted by molar-refractivity contribution is 0.416. The zero-order chi connectivity index (χ0) is 17.5. The number of rotatable bonds is 7. The number of thiazole rings is 1. The lowest BCUT2D eigenvalue weighted by Crippen LogP contribution is -1.88. The first kappa shape index (κ1) is 17.4. The van der Waals surface area contributed by atoms with Gasteiger partial charge in [0, 0.05) is 10.9 Å². The smallest absolute Gasteiger partial charge is 0.135 e. The van der Waals surface area contributed by atoms with E-state index in [-0.39, 0.29) is 0 Å². The van der Waals surface area contributed by atoms with Crippen LogP contribution in [-0.4, -0.2) is 18.3 Å². The molecule has 4 heteroatoms. The van der Waals surface area contributed by atoms with Gasteiger partial charge in [-0.15, -0.1) is 11.3 Å². The van der Waals surface area contributed by atoms with E-state index in [4.69, 9.17) is 4.74 Å². The summed E-state index contributed by atoms with van der Waals surface area (Å²) in [6.07, 6.45) is 5.41. The molecule has 3 rings (SSSR count). The number of aromatic nitrogens is 1. The van der Waals surface area contributed by atoms with Crippen LogP contribution in [0.25, 0.3) is 11.3 Å². The fourth-order valence-corrected chi connectivity index (χ4v) is 3.26. The van der Waals surface area contributed by atoms with Gasteiger partial charge in [-0.2, -0.15) is 0 Å². The summed E-state index contributed by atoms with van der Waals surface area (Å²) in [5.41, 5.74) is 4.24. The fraction of sp³-hybridized carbons (Fsp3) is 0.238. The molecule has 0 bridgehead atoms. The predicted molar refractivity (Wildman–Crippen MR) is 106 cm³/mol. The van der Waals surface area contributed by atoms with Crippen molar-refractivity contribution >= 4 is 23.2 Å². The molecule has 3 aromatic rings. The summed E-state index contributed by atoms with van der Waals surface area (Å²) in [4.78, 5) is 9.19. The summed E-state index contributed by atoms with van der Waals surface area (Å²) in [6, 6.07) is 16.4. The monoisotopic (exact) mass is 350 g/mol. The molecule has 0 spiro atoms. The van der Waals surface area contributed by atoms with Crippen molar-refractivity contribution < 1.29 is 4.74 Å². The summed E-state index contributed by atoms with van der Waals surface area (Å²) in [5.74, 6) is 0.832. The molecule has 0 radical (unpaired) electrons. The molecule has 0 unspecified atom stereocenters. The van der Waals surface area contributed by atoms with E-state index < -0.39 is 0 Å². The van der Waals surface area contributed by atoms with E-state index in [1.165, 1.54) is 18.4 Å². The normalized spacial score (nSPS) is 11.1. The quantitative estimate of drug-likeness (QED) is 0.496. The number of para-hydroxylation sites is 1. The minimum Gasteiger partial charge on any atom is -0.496 e. The molecule has 0 aliphatic heterocycles. The van der Waals surface area contributed by atoms with Gasteiger partial charge in [0.15, 0.2) is 0 Å². The molecule has 0 N–H and O–H groups in total. The minimum absolute atomic E-state index is 0.832. The van der Waals surface area contributed by atoms with Crippen LogP contribution in [0, 0.1) is 0 Å². The zero-order valence-electron chi connectivity index (χ0n) is 14.6. The minimum atomic E-state index is 0.832. The Labute approximate surface area is 153 Å². The molecule has 128 valence electrons. The third kappa shape index (κ3) is 4.54. The highest BCUT2D eigenvalue weighted by Crippen LogP contribution is 2.30. The van der Waals surface area contributed by atoms with Gasteiger partial charge >= 0.3 is 0 Å². The van der Waals surface area contributed by atoms with Gasteiger partial charge in [-0.05, 0) is 42.7 Å². The molecule has 0 saturated carbocycles. The molecular weight excluding hydrogens is 328 g/mol. The first-order valence-electron chi connectivity index (χ1n) is 8.52. The van der Waals surface area contributed by atoms with E-state index in [0.717, 1.165) is 34.1 Å². The average Bonchev–Trinajstić information content (AvgIpc) is 3.14. The Balaban J connectivity index is 1.71. The zero-order valence-corrected chi connectivity index (χ0v) is 15.4. The van der Waals surface area contributed by atoms with Crippen molar-refractivity contribution in [2.24, 2.45) is 4.99 Å². The molecule has 0 amide bonds. The van der Waals surface area contributed by atoms with Gasteiger partial charge < -0.3 is 4.74 Å². The number of hydrogen-bond donors (Lipinski definition) is 0. The third-order valence-electron chi connectivity index (χ3n) is 3.98. The van der Waals surface area contributed by atoms with Crippen molar-refractivity contribution in [3.63, 3.8) is 0 Å². The number of benzene rings is 2. The van der Waals surface area contributed by atoms with E-state index in [1.54, 1.807) is 18.4 Å². The molecule has 0 fully saturated rings. The number of aliphatic imine (C=N–C) groups is 1. The van der Waals surface area contributed by atoms with Crippen LogP contribution in [0.3, 0.4) is 0 Å². The first-order chi connectivity index (χ1) is 12.3. The van der Waals surface area contributed by atoms with Crippen LogP contribution in [0.1, 0.15) is 30.3 Å². The van der Waals surface area contributed by atoms with Gasteiger partial charge in [-0.1, -0.05) is 37.6 Å². The molecule has 0 atom stereocenters. The van der Waals surface area contributed by atoms with Crippen LogP contribution >= 0.6 is 11.3 Å². The van der Waals surface area contributed by atoms with Crippen molar-refractivity contribution in [3.8, 4) is 17.0 Å². The van der Waals surface area contributed by atoms with E-state index in [0.29, 0.717) is 0 Å². The number of ether oxygens (including phenoxy) is 1. The summed E-state index contributed by atoms with van der Waals surface area (Å²) in [6.45, 7) is 2.21. The third-order valence-corrected chi connectivity index (χ3v) is 4.76. The van der Waals surface area contributed by atoms with Gasteiger partial charge in [0.05, 0.1) is 24.7 Å². The predicted octanol–water partition coefficient (Wildman–Crippen LogP) is 5.91. The molecule has 25 heavy (non-hydrogen) atoms. The fourth-order valence-electron chi connectivity index (χ4n) is 2.59.